The monoisotopic (exact) mass is 652 g/mol. The molecule has 11 heteroatoms. The molecular weight excluding hydrogens is 608 g/mol. The first-order chi connectivity index (χ1) is 22.8. The van der Waals surface area contributed by atoms with E-state index < -0.39 is 23.8 Å². The highest BCUT2D eigenvalue weighted by atomic mass is 16.6. The number of hydrogen-bond acceptors (Lipinski definition) is 9. The summed E-state index contributed by atoms with van der Waals surface area (Å²) in [6, 6.07) is 16.8. The molecule has 2 N–H and O–H groups in total. The average Bonchev–Trinajstić information content (AvgIpc) is 3.43. The van der Waals surface area contributed by atoms with Crippen molar-refractivity contribution >= 4 is 28.7 Å². The van der Waals surface area contributed by atoms with Crippen LogP contribution >= 0.6 is 0 Å². The number of anilines is 1. The zero-order valence-corrected chi connectivity index (χ0v) is 28.4. The third-order valence-electron chi connectivity index (χ3n) is 8.61. The lowest BCUT2D eigenvalue weighted by molar-refractivity contribution is -0.00546. The first-order valence-electron chi connectivity index (χ1n) is 16.5. The predicted octanol–water partition coefficient (Wildman–Crippen LogP) is 5.59. The van der Waals surface area contributed by atoms with Crippen molar-refractivity contribution in [3.05, 3.63) is 83.2 Å². The Morgan fingerprint density at radius 1 is 1.00 bits per heavy atom. The van der Waals surface area contributed by atoms with Crippen molar-refractivity contribution in [2.45, 2.75) is 84.5 Å². The molecule has 0 aliphatic carbocycles. The molecule has 0 radical (unpaired) electrons. The predicted molar refractivity (Wildman–Crippen MR) is 184 cm³/mol. The van der Waals surface area contributed by atoms with Gasteiger partial charge in [-0.15, -0.1) is 0 Å². The summed E-state index contributed by atoms with van der Waals surface area (Å²) >= 11 is 0. The molecule has 2 saturated heterocycles. The topological polar surface area (TPSA) is 130 Å². The molecule has 2 fully saturated rings. The minimum atomic E-state index is -0.676. The van der Waals surface area contributed by atoms with E-state index in [4.69, 9.17) is 19.4 Å². The number of morpholine rings is 1. The number of likely N-dealkylation sites (tertiary alicyclic amines) is 1. The lowest BCUT2D eigenvalue weighted by Crippen LogP contribution is -2.45. The third-order valence-corrected chi connectivity index (χ3v) is 8.61. The maximum atomic E-state index is 13.3. The van der Waals surface area contributed by atoms with E-state index in [0.717, 1.165) is 52.3 Å². The minimum absolute atomic E-state index is 0.133. The molecule has 252 valence electrons. The molecule has 1 aromatic carbocycles. The van der Waals surface area contributed by atoms with Crippen LogP contribution in [0.1, 0.15) is 74.3 Å². The fourth-order valence-corrected chi connectivity index (χ4v) is 6.45. The maximum absolute atomic E-state index is 13.3. The Labute approximate surface area is 281 Å². The first-order valence-corrected chi connectivity index (χ1v) is 16.5. The van der Waals surface area contributed by atoms with E-state index >= 15 is 0 Å². The van der Waals surface area contributed by atoms with Crippen LogP contribution in [-0.4, -0.2) is 80.5 Å². The Morgan fingerprint density at radius 3 is 2.50 bits per heavy atom. The second-order valence-corrected chi connectivity index (χ2v) is 13.9. The fraction of sp³-hybridized carbons (Fsp3) is 0.432. The summed E-state index contributed by atoms with van der Waals surface area (Å²) < 4.78 is 11.5. The summed E-state index contributed by atoms with van der Waals surface area (Å²) in [6.45, 7) is 13.5. The Hall–Kier alpha value is -4.61. The number of aliphatic hydroxyl groups excluding tert-OH is 1. The molecule has 11 nitrogen and oxygen atoms in total. The van der Waals surface area contributed by atoms with Gasteiger partial charge in [-0.1, -0.05) is 12.1 Å². The number of nitrogens with one attached hydrogen (secondary N) is 1. The molecule has 6 rings (SSSR count). The standard InChI is InChI=1S/C37H44N6O5/c1-22-10-11-25(14-29(22)33-16-28(44)21-43(33)36(46)48-37(4,5)6)35(45)39-18-27-15-32-26(17-38-27)12-13-31(40-32)30-8-7-9-34(41-30)42-19-23(2)47-24(3)20-42/h7-15,17,23-24,28,33,44H,16,18-21H2,1-6H3,(H,39,45)/t23-,24+,28-,33+/m0/s1. The second kappa shape index (κ2) is 13.5. The number of amides is 2. The molecule has 0 bridgehead atoms. The molecule has 2 aliphatic rings. The SMILES string of the molecule is Cc1ccc(C(=O)NCc2cc3nc(-c4cccc(N5C[C@@H](C)O[C@@H](C)C5)n4)ccc3cn2)cc1[C@H]1C[C@H](O)CN1C(=O)OC(C)(C)C. The number of aliphatic hydroxyl groups is 1. The van der Waals surface area contributed by atoms with Crippen molar-refractivity contribution in [2.75, 3.05) is 24.5 Å². The second-order valence-electron chi connectivity index (χ2n) is 13.9. The van der Waals surface area contributed by atoms with Gasteiger partial charge in [0.2, 0.25) is 0 Å². The molecule has 0 unspecified atom stereocenters. The molecule has 5 heterocycles. The van der Waals surface area contributed by atoms with Crippen molar-refractivity contribution in [1.29, 1.82) is 0 Å². The van der Waals surface area contributed by atoms with Crippen LogP contribution < -0.4 is 10.2 Å². The Bertz CT molecular complexity index is 1810. The number of rotatable bonds is 6. The quantitative estimate of drug-likeness (QED) is 0.274. The molecule has 0 saturated carbocycles. The molecule has 4 aromatic rings. The summed E-state index contributed by atoms with van der Waals surface area (Å²) in [7, 11) is 0. The summed E-state index contributed by atoms with van der Waals surface area (Å²) in [6.07, 6.45) is 1.23. The van der Waals surface area contributed by atoms with Crippen molar-refractivity contribution in [3.63, 3.8) is 0 Å². The molecule has 2 aliphatic heterocycles. The fourth-order valence-electron chi connectivity index (χ4n) is 6.45. The van der Waals surface area contributed by atoms with Gasteiger partial charge in [-0.3, -0.25) is 14.7 Å². The van der Waals surface area contributed by atoms with Crippen LogP contribution in [0.5, 0.6) is 0 Å². The zero-order valence-electron chi connectivity index (χ0n) is 28.4. The first kappa shape index (κ1) is 33.3. The van der Waals surface area contributed by atoms with Crippen LogP contribution in [0.3, 0.4) is 0 Å². The third kappa shape index (κ3) is 7.58. The Morgan fingerprint density at radius 2 is 1.75 bits per heavy atom. The molecule has 3 aromatic heterocycles. The van der Waals surface area contributed by atoms with Crippen molar-refractivity contribution in [1.82, 2.24) is 25.2 Å². The van der Waals surface area contributed by atoms with Crippen LogP contribution in [0.4, 0.5) is 10.6 Å². The van der Waals surface area contributed by atoms with E-state index in [2.05, 4.69) is 29.0 Å². The number of pyridine rings is 3. The van der Waals surface area contributed by atoms with E-state index in [1.165, 1.54) is 0 Å². The number of aryl methyl sites for hydroxylation is 1. The van der Waals surface area contributed by atoms with Gasteiger partial charge in [0.1, 0.15) is 11.4 Å². The number of hydrogen-bond donors (Lipinski definition) is 2. The lowest BCUT2D eigenvalue weighted by atomic mass is 9.96. The van der Waals surface area contributed by atoms with Gasteiger partial charge in [-0.25, -0.2) is 14.8 Å². The van der Waals surface area contributed by atoms with Crippen LogP contribution in [-0.2, 0) is 16.0 Å². The van der Waals surface area contributed by atoms with Gasteiger partial charge in [0.25, 0.3) is 5.91 Å². The van der Waals surface area contributed by atoms with Gasteiger partial charge in [0.15, 0.2) is 0 Å². The number of carbonyl (C=O) groups excluding carboxylic acids is 2. The lowest BCUT2D eigenvalue weighted by Gasteiger charge is -2.36. The molecule has 4 atom stereocenters. The number of β-amino-alcohol motifs (C(OH)–C–C–N with tert-alkyl or cyclic N) is 1. The van der Waals surface area contributed by atoms with Gasteiger partial charge < -0.3 is 24.8 Å². The number of nitrogens with zero attached hydrogens (tertiary/aromatic N) is 5. The van der Waals surface area contributed by atoms with Crippen LogP contribution in [0.15, 0.2) is 60.8 Å². The van der Waals surface area contributed by atoms with Crippen molar-refractivity contribution < 1.29 is 24.2 Å². The number of ether oxygens (including phenoxy) is 2. The number of fused-ring (bicyclic) bond motifs is 1. The summed E-state index contributed by atoms with van der Waals surface area (Å²) in [5.74, 6) is 0.630. The van der Waals surface area contributed by atoms with E-state index in [1.807, 2.05) is 70.2 Å². The van der Waals surface area contributed by atoms with Crippen molar-refractivity contribution in [2.24, 2.45) is 0 Å². The highest BCUT2D eigenvalue weighted by Gasteiger charge is 2.38. The molecule has 2 amide bonds. The number of benzene rings is 1. The van der Waals surface area contributed by atoms with Crippen LogP contribution in [0, 0.1) is 6.92 Å². The van der Waals surface area contributed by atoms with Crippen LogP contribution in [0.25, 0.3) is 22.3 Å². The Balaban J connectivity index is 1.16. The van der Waals surface area contributed by atoms with Crippen molar-refractivity contribution in [3.8, 4) is 11.4 Å². The van der Waals surface area contributed by atoms with E-state index in [1.54, 1.807) is 23.2 Å². The van der Waals surface area contributed by atoms with Gasteiger partial charge in [0.05, 0.1) is 60.0 Å². The molecule has 0 spiro atoms. The largest absolute Gasteiger partial charge is 0.444 e. The zero-order chi connectivity index (χ0) is 34.2. The molecule has 48 heavy (non-hydrogen) atoms. The van der Waals surface area contributed by atoms with E-state index in [-0.39, 0.29) is 31.2 Å². The Kier molecular flexibility index (Phi) is 9.35. The van der Waals surface area contributed by atoms with E-state index in [9.17, 15) is 14.7 Å². The summed E-state index contributed by atoms with van der Waals surface area (Å²) in [4.78, 5) is 44.5. The van der Waals surface area contributed by atoms with Gasteiger partial charge in [-0.05, 0) is 102 Å². The van der Waals surface area contributed by atoms with Crippen LogP contribution in [0.2, 0.25) is 0 Å². The number of carbonyl (C=O) groups is 2. The maximum Gasteiger partial charge on any atom is 0.410 e. The summed E-state index contributed by atoms with van der Waals surface area (Å²) in [5, 5.41) is 14.3. The van der Waals surface area contributed by atoms with E-state index in [0.29, 0.717) is 17.7 Å². The highest BCUT2D eigenvalue weighted by molar-refractivity contribution is 5.94. The van der Waals surface area contributed by atoms with Gasteiger partial charge in [-0.2, -0.15) is 0 Å². The average molecular weight is 653 g/mol. The smallest absolute Gasteiger partial charge is 0.410 e. The van der Waals surface area contributed by atoms with Gasteiger partial charge in [0, 0.05) is 30.2 Å². The number of aromatic nitrogens is 3. The van der Waals surface area contributed by atoms with Gasteiger partial charge >= 0.3 is 6.09 Å². The normalized spacial score (nSPS) is 21.4. The summed E-state index contributed by atoms with van der Waals surface area (Å²) in [5.41, 5.74) is 4.48. The minimum Gasteiger partial charge on any atom is -0.444 e. The molecular formula is C37H44N6O5. The highest BCUT2D eigenvalue weighted by Crippen LogP contribution is 2.35.